The van der Waals surface area contributed by atoms with Crippen molar-refractivity contribution in [2.45, 2.75) is 58.3 Å². The lowest BCUT2D eigenvalue weighted by molar-refractivity contribution is 0.397. The van der Waals surface area contributed by atoms with E-state index in [9.17, 15) is 0 Å². The first-order valence-corrected chi connectivity index (χ1v) is 11.8. The molecule has 0 fully saturated rings. The van der Waals surface area contributed by atoms with Gasteiger partial charge in [-0.2, -0.15) is 0 Å². The van der Waals surface area contributed by atoms with Gasteiger partial charge in [-0.05, 0) is 30.5 Å². The lowest BCUT2D eigenvalue weighted by Gasteiger charge is -2.39. The van der Waals surface area contributed by atoms with Crippen LogP contribution in [0, 0.1) is 5.92 Å². The fraction of sp³-hybridized carbons (Fsp3) is 0.667. The summed E-state index contributed by atoms with van der Waals surface area (Å²) in [4.78, 5) is 0. The number of hydrogen-bond acceptors (Lipinski definition) is 1. The van der Waals surface area contributed by atoms with E-state index in [1.165, 1.54) is 18.0 Å². The van der Waals surface area contributed by atoms with E-state index >= 15 is 0 Å². The van der Waals surface area contributed by atoms with Gasteiger partial charge >= 0.3 is 0 Å². The molecule has 0 heterocycles. The van der Waals surface area contributed by atoms with Crippen molar-refractivity contribution in [1.82, 2.24) is 5.32 Å². The summed E-state index contributed by atoms with van der Waals surface area (Å²) in [6.45, 7) is 16.6. The third kappa shape index (κ3) is 5.41. The van der Waals surface area contributed by atoms with Gasteiger partial charge in [-0.1, -0.05) is 70.7 Å². The molecule has 0 aliphatic carbocycles. The molecule has 1 aromatic rings. The second kappa shape index (κ2) is 7.42. The van der Waals surface area contributed by atoms with Gasteiger partial charge in [-0.25, -0.2) is 0 Å². The van der Waals surface area contributed by atoms with Gasteiger partial charge in [0.1, 0.15) is 0 Å². The highest BCUT2D eigenvalue weighted by Gasteiger charge is 2.35. The minimum Gasteiger partial charge on any atom is -0.316 e. The molecular formula is C18H33NSi. The molecule has 114 valence electrons. The molecule has 1 atom stereocenters. The maximum atomic E-state index is 3.72. The maximum absolute atomic E-state index is 3.72. The largest absolute Gasteiger partial charge is 0.316 e. The Morgan fingerprint density at radius 2 is 1.70 bits per heavy atom. The van der Waals surface area contributed by atoms with Crippen LogP contribution in [-0.4, -0.2) is 21.2 Å². The van der Waals surface area contributed by atoms with Crippen LogP contribution >= 0.6 is 0 Å². The van der Waals surface area contributed by atoms with Gasteiger partial charge in [0.15, 0.2) is 0 Å². The number of nitrogens with one attached hydrogen (secondary N) is 1. The number of benzene rings is 1. The smallest absolute Gasteiger partial charge is 0.0451 e. The Balaban J connectivity index is 2.97. The molecular weight excluding hydrogens is 258 g/mol. The molecule has 1 aromatic carbocycles. The molecule has 1 N–H and O–H groups in total. The SMILES string of the molecule is CCC(CNCC(C)C)(C[Si](C)(C)C)c1ccccc1. The molecule has 0 aliphatic heterocycles. The zero-order valence-electron chi connectivity index (χ0n) is 14.3. The van der Waals surface area contributed by atoms with Crippen LogP contribution in [0.2, 0.25) is 25.7 Å². The molecule has 2 heteroatoms. The molecule has 1 nitrogen and oxygen atoms in total. The Hall–Kier alpha value is -0.603. The molecule has 0 bridgehead atoms. The molecule has 0 saturated heterocycles. The van der Waals surface area contributed by atoms with Gasteiger partial charge in [0.25, 0.3) is 0 Å². The highest BCUT2D eigenvalue weighted by Crippen LogP contribution is 2.36. The second-order valence-corrected chi connectivity index (χ2v) is 13.2. The molecule has 0 radical (unpaired) electrons. The van der Waals surface area contributed by atoms with Crippen LogP contribution in [0.15, 0.2) is 30.3 Å². The number of hydrogen-bond donors (Lipinski definition) is 1. The van der Waals surface area contributed by atoms with E-state index < -0.39 is 8.07 Å². The van der Waals surface area contributed by atoms with Gasteiger partial charge in [-0.15, -0.1) is 0 Å². The van der Waals surface area contributed by atoms with E-state index in [-0.39, 0.29) is 0 Å². The Morgan fingerprint density at radius 3 is 2.15 bits per heavy atom. The minimum absolute atomic E-state index is 0.306. The van der Waals surface area contributed by atoms with Crippen LogP contribution in [0.25, 0.3) is 0 Å². The van der Waals surface area contributed by atoms with Crippen LogP contribution in [0.4, 0.5) is 0 Å². The van der Waals surface area contributed by atoms with Crippen LogP contribution in [0.5, 0.6) is 0 Å². The second-order valence-electron chi connectivity index (χ2n) is 7.76. The van der Waals surface area contributed by atoms with Crippen molar-refractivity contribution >= 4 is 8.07 Å². The van der Waals surface area contributed by atoms with Gasteiger partial charge in [0.2, 0.25) is 0 Å². The van der Waals surface area contributed by atoms with Crippen molar-refractivity contribution in [1.29, 1.82) is 0 Å². The minimum atomic E-state index is -1.11. The zero-order valence-corrected chi connectivity index (χ0v) is 15.3. The van der Waals surface area contributed by atoms with Crippen molar-refractivity contribution in [2.24, 2.45) is 5.92 Å². The van der Waals surface area contributed by atoms with E-state index in [4.69, 9.17) is 0 Å². The van der Waals surface area contributed by atoms with Gasteiger partial charge in [0, 0.05) is 20.0 Å². The van der Waals surface area contributed by atoms with Crippen molar-refractivity contribution in [3.8, 4) is 0 Å². The summed E-state index contributed by atoms with van der Waals surface area (Å²) in [5.41, 5.74) is 1.82. The van der Waals surface area contributed by atoms with E-state index in [1.54, 1.807) is 0 Å². The average molecular weight is 292 g/mol. The standard InChI is InChI=1S/C18H33NSi/c1-7-18(15-20(4,5)6,14-19-13-16(2)3)17-11-9-8-10-12-17/h8-12,16,19H,7,13-15H2,1-6H3. The predicted octanol–water partition coefficient (Wildman–Crippen LogP) is 4.92. The third-order valence-corrected chi connectivity index (χ3v) is 5.69. The normalized spacial score (nSPS) is 15.3. The fourth-order valence-electron chi connectivity index (χ4n) is 3.13. The summed E-state index contributed by atoms with van der Waals surface area (Å²) >= 11 is 0. The summed E-state index contributed by atoms with van der Waals surface area (Å²) in [5, 5.41) is 3.72. The highest BCUT2D eigenvalue weighted by molar-refractivity contribution is 6.76. The summed E-state index contributed by atoms with van der Waals surface area (Å²) < 4.78 is 0. The third-order valence-electron chi connectivity index (χ3n) is 3.95. The van der Waals surface area contributed by atoms with Gasteiger partial charge in [-0.3, -0.25) is 0 Å². The van der Waals surface area contributed by atoms with Crippen LogP contribution < -0.4 is 5.32 Å². The van der Waals surface area contributed by atoms with Crippen LogP contribution in [0.3, 0.4) is 0 Å². The molecule has 20 heavy (non-hydrogen) atoms. The lowest BCUT2D eigenvalue weighted by atomic mass is 9.79. The average Bonchev–Trinajstić information content (AvgIpc) is 2.36. The molecule has 1 unspecified atom stereocenters. The van der Waals surface area contributed by atoms with E-state index in [0.29, 0.717) is 11.3 Å². The van der Waals surface area contributed by atoms with E-state index in [1.807, 2.05) is 0 Å². The molecule has 0 aromatic heterocycles. The zero-order chi connectivity index (χ0) is 15.2. The van der Waals surface area contributed by atoms with Crippen molar-refractivity contribution in [3.05, 3.63) is 35.9 Å². The quantitative estimate of drug-likeness (QED) is 0.670. The Bertz CT molecular complexity index is 380. The Kier molecular flexibility index (Phi) is 6.47. The first-order valence-electron chi connectivity index (χ1n) is 8.05. The monoisotopic (exact) mass is 291 g/mol. The van der Waals surface area contributed by atoms with Crippen molar-refractivity contribution in [2.75, 3.05) is 13.1 Å². The summed E-state index contributed by atoms with van der Waals surface area (Å²) in [6.07, 6.45) is 1.21. The first-order chi connectivity index (χ1) is 9.29. The van der Waals surface area contributed by atoms with E-state index in [0.717, 1.165) is 13.1 Å². The summed E-state index contributed by atoms with van der Waals surface area (Å²) in [6, 6.07) is 12.5. The van der Waals surface area contributed by atoms with Crippen molar-refractivity contribution < 1.29 is 0 Å². The summed E-state index contributed by atoms with van der Waals surface area (Å²) in [7, 11) is -1.11. The Morgan fingerprint density at radius 1 is 1.10 bits per heavy atom. The Labute approximate surface area is 127 Å². The van der Waals surface area contributed by atoms with E-state index in [2.05, 4.69) is 76.1 Å². The molecule has 1 rings (SSSR count). The molecule has 0 amide bonds. The van der Waals surface area contributed by atoms with Gasteiger partial charge in [0.05, 0.1) is 0 Å². The molecule has 0 saturated carbocycles. The van der Waals surface area contributed by atoms with Crippen molar-refractivity contribution in [3.63, 3.8) is 0 Å². The highest BCUT2D eigenvalue weighted by atomic mass is 28.3. The number of rotatable bonds is 8. The first kappa shape index (κ1) is 17.4. The molecule has 0 spiro atoms. The van der Waals surface area contributed by atoms with Crippen LogP contribution in [0.1, 0.15) is 32.8 Å². The topological polar surface area (TPSA) is 12.0 Å². The predicted molar refractivity (Wildman–Crippen MR) is 94.3 cm³/mol. The molecule has 0 aliphatic rings. The maximum Gasteiger partial charge on any atom is 0.0451 e. The van der Waals surface area contributed by atoms with Gasteiger partial charge < -0.3 is 5.32 Å². The summed E-state index contributed by atoms with van der Waals surface area (Å²) in [5.74, 6) is 0.715. The fourth-order valence-corrected chi connectivity index (χ4v) is 5.74. The lowest BCUT2D eigenvalue weighted by Crippen LogP contribution is -2.44. The van der Waals surface area contributed by atoms with Crippen LogP contribution in [-0.2, 0) is 5.41 Å².